The zero-order valence-corrected chi connectivity index (χ0v) is 20.1. The number of likely N-dealkylation sites (tertiary alicyclic amines) is 1. The molecule has 0 saturated carbocycles. The summed E-state index contributed by atoms with van der Waals surface area (Å²) in [5.74, 6) is 1.55. The van der Waals surface area contributed by atoms with Crippen molar-refractivity contribution in [3.63, 3.8) is 0 Å². The molecule has 5 rings (SSSR count). The maximum atomic E-state index is 4.58. The second-order valence-electron chi connectivity index (χ2n) is 9.27. The van der Waals surface area contributed by atoms with Gasteiger partial charge in [-0.2, -0.15) is 0 Å². The molecule has 3 aromatic rings. The van der Waals surface area contributed by atoms with Crippen molar-refractivity contribution in [3.05, 3.63) is 88.7 Å². The number of anilines is 1. The fraction of sp³-hybridized carbons (Fsp3) is 0.407. The van der Waals surface area contributed by atoms with Gasteiger partial charge in [-0.05, 0) is 74.0 Å². The Bertz CT molecular complexity index is 987. The normalized spacial score (nSPS) is 22.7. The van der Waals surface area contributed by atoms with Crippen LogP contribution in [0.1, 0.15) is 36.8 Å². The summed E-state index contributed by atoms with van der Waals surface area (Å²) in [6, 6.07) is 21.9. The Hall–Kier alpha value is -2.24. The van der Waals surface area contributed by atoms with Crippen LogP contribution >= 0.6 is 15.9 Å². The predicted molar refractivity (Wildman–Crippen MR) is 134 cm³/mol. The third-order valence-electron chi connectivity index (χ3n) is 7.40. The van der Waals surface area contributed by atoms with Crippen LogP contribution in [0.3, 0.4) is 0 Å². The Kier molecular flexibility index (Phi) is 6.56. The van der Waals surface area contributed by atoms with E-state index in [-0.39, 0.29) is 5.41 Å². The van der Waals surface area contributed by atoms with Gasteiger partial charge >= 0.3 is 0 Å². The average molecular weight is 491 g/mol. The molecule has 166 valence electrons. The smallest absolute Gasteiger partial charge is 0.225 e. The molecule has 32 heavy (non-hydrogen) atoms. The highest BCUT2D eigenvalue weighted by molar-refractivity contribution is 9.10. The van der Waals surface area contributed by atoms with Crippen LogP contribution in [-0.2, 0) is 12.0 Å². The maximum absolute atomic E-state index is 4.58. The van der Waals surface area contributed by atoms with E-state index in [4.69, 9.17) is 0 Å². The molecular formula is C27H31BrN4. The van der Waals surface area contributed by atoms with Gasteiger partial charge in [0.25, 0.3) is 0 Å². The quantitative estimate of drug-likeness (QED) is 0.459. The topological polar surface area (TPSA) is 32.3 Å². The van der Waals surface area contributed by atoms with Crippen LogP contribution in [-0.4, -0.2) is 41.0 Å². The minimum absolute atomic E-state index is 0.169. The lowest BCUT2D eigenvalue weighted by Crippen LogP contribution is -2.53. The molecule has 1 unspecified atom stereocenters. The second-order valence-corrected chi connectivity index (χ2v) is 10.2. The number of piperidine rings is 2. The summed E-state index contributed by atoms with van der Waals surface area (Å²) in [4.78, 5) is 14.2. The minimum Gasteiger partial charge on any atom is -0.340 e. The summed E-state index contributed by atoms with van der Waals surface area (Å²) in [5.41, 5.74) is 3.06. The predicted octanol–water partition coefficient (Wildman–Crippen LogP) is 5.69. The standard InChI is InChI=1S/C27H31BrN4/c28-25-10-8-22(9-11-25)20-31-18-12-24(13-19-31)27(23-6-2-1-3-7-23)14-4-17-32(21-27)26-29-15-5-16-30-26/h1-3,5-11,15-16,24H,4,12-14,17-21H2. The molecular weight excluding hydrogens is 460 g/mol. The van der Waals surface area contributed by atoms with E-state index in [0.29, 0.717) is 5.92 Å². The maximum Gasteiger partial charge on any atom is 0.225 e. The first-order chi connectivity index (χ1) is 15.7. The summed E-state index contributed by atoms with van der Waals surface area (Å²) in [6.45, 7) is 5.43. The molecule has 0 radical (unpaired) electrons. The summed E-state index contributed by atoms with van der Waals surface area (Å²) >= 11 is 3.55. The highest BCUT2D eigenvalue weighted by atomic mass is 79.9. The van der Waals surface area contributed by atoms with Crippen LogP contribution < -0.4 is 4.90 Å². The molecule has 2 saturated heterocycles. The molecule has 1 atom stereocenters. The molecule has 0 aliphatic carbocycles. The number of aromatic nitrogens is 2. The molecule has 3 heterocycles. The lowest BCUT2D eigenvalue weighted by molar-refractivity contribution is 0.109. The van der Waals surface area contributed by atoms with Crippen molar-refractivity contribution in [2.24, 2.45) is 5.92 Å². The lowest BCUT2D eigenvalue weighted by atomic mass is 9.62. The SMILES string of the molecule is Brc1ccc(CN2CCC(C3(c4ccccc4)CCCN(c4ncccn4)C3)CC2)cc1. The van der Waals surface area contributed by atoms with Crippen molar-refractivity contribution >= 4 is 21.9 Å². The largest absolute Gasteiger partial charge is 0.340 e. The monoisotopic (exact) mass is 490 g/mol. The van der Waals surface area contributed by atoms with Gasteiger partial charge in [0.2, 0.25) is 5.95 Å². The fourth-order valence-corrected chi connectivity index (χ4v) is 6.04. The van der Waals surface area contributed by atoms with E-state index < -0.39 is 0 Å². The van der Waals surface area contributed by atoms with Crippen LogP contribution in [0.25, 0.3) is 0 Å². The molecule has 0 N–H and O–H groups in total. The number of halogens is 1. The Balaban J connectivity index is 1.35. The summed E-state index contributed by atoms with van der Waals surface area (Å²) in [5, 5.41) is 0. The van der Waals surface area contributed by atoms with E-state index in [2.05, 4.69) is 90.3 Å². The van der Waals surface area contributed by atoms with Crippen LogP contribution in [0.5, 0.6) is 0 Å². The Morgan fingerprint density at radius 1 is 0.875 bits per heavy atom. The molecule has 2 aliphatic rings. The molecule has 2 aliphatic heterocycles. The van der Waals surface area contributed by atoms with E-state index in [0.717, 1.165) is 43.1 Å². The molecule has 0 bridgehead atoms. The third-order valence-corrected chi connectivity index (χ3v) is 7.92. The molecule has 4 nitrogen and oxygen atoms in total. The van der Waals surface area contributed by atoms with Crippen molar-refractivity contribution in [1.82, 2.24) is 14.9 Å². The van der Waals surface area contributed by atoms with E-state index in [1.54, 1.807) is 0 Å². The summed E-state index contributed by atoms with van der Waals surface area (Å²) in [6.07, 6.45) is 8.65. The van der Waals surface area contributed by atoms with E-state index >= 15 is 0 Å². The van der Waals surface area contributed by atoms with Gasteiger partial charge in [-0.25, -0.2) is 9.97 Å². The van der Waals surface area contributed by atoms with Crippen molar-refractivity contribution in [2.75, 3.05) is 31.1 Å². The first kappa shape index (κ1) is 21.6. The molecule has 0 amide bonds. The number of rotatable bonds is 5. The summed E-state index contributed by atoms with van der Waals surface area (Å²) in [7, 11) is 0. The van der Waals surface area contributed by atoms with Gasteiger partial charge in [-0.3, -0.25) is 4.90 Å². The van der Waals surface area contributed by atoms with Gasteiger partial charge in [-0.1, -0.05) is 58.4 Å². The fourth-order valence-electron chi connectivity index (χ4n) is 5.78. The van der Waals surface area contributed by atoms with Crippen molar-refractivity contribution in [3.8, 4) is 0 Å². The zero-order valence-electron chi connectivity index (χ0n) is 18.5. The highest BCUT2D eigenvalue weighted by Crippen LogP contribution is 2.45. The molecule has 5 heteroatoms. The molecule has 2 aromatic carbocycles. The molecule has 1 aromatic heterocycles. The van der Waals surface area contributed by atoms with Crippen molar-refractivity contribution in [2.45, 2.75) is 37.6 Å². The van der Waals surface area contributed by atoms with Crippen molar-refractivity contribution < 1.29 is 0 Å². The number of benzene rings is 2. The number of nitrogens with zero attached hydrogens (tertiary/aromatic N) is 4. The Labute approximate surface area is 199 Å². The first-order valence-corrected chi connectivity index (χ1v) is 12.6. The highest BCUT2D eigenvalue weighted by Gasteiger charge is 2.45. The second kappa shape index (κ2) is 9.72. The van der Waals surface area contributed by atoms with E-state index in [1.807, 2.05) is 18.5 Å². The first-order valence-electron chi connectivity index (χ1n) is 11.8. The summed E-state index contributed by atoms with van der Waals surface area (Å²) < 4.78 is 1.15. The third kappa shape index (κ3) is 4.60. The van der Waals surface area contributed by atoms with Gasteiger partial charge in [0.1, 0.15) is 0 Å². The van der Waals surface area contributed by atoms with Crippen LogP contribution in [0.15, 0.2) is 77.5 Å². The zero-order chi connectivity index (χ0) is 21.8. The molecule has 2 fully saturated rings. The average Bonchev–Trinajstić information content (AvgIpc) is 2.87. The van der Waals surface area contributed by atoms with E-state index in [9.17, 15) is 0 Å². The number of hydrogen-bond acceptors (Lipinski definition) is 4. The van der Waals surface area contributed by atoms with Gasteiger partial charge in [0.15, 0.2) is 0 Å². The lowest BCUT2D eigenvalue weighted by Gasteiger charge is -2.50. The van der Waals surface area contributed by atoms with Gasteiger partial charge in [0, 0.05) is 41.9 Å². The Morgan fingerprint density at radius 3 is 2.31 bits per heavy atom. The van der Waals surface area contributed by atoms with Gasteiger partial charge in [-0.15, -0.1) is 0 Å². The Morgan fingerprint density at radius 2 is 1.59 bits per heavy atom. The van der Waals surface area contributed by atoms with Crippen LogP contribution in [0, 0.1) is 5.92 Å². The number of hydrogen-bond donors (Lipinski definition) is 0. The van der Waals surface area contributed by atoms with Crippen LogP contribution in [0.2, 0.25) is 0 Å². The van der Waals surface area contributed by atoms with Crippen LogP contribution in [0.4, 0.5) is 5.95 Å². The molecule has 0 spiro atoms. The van der Waals surface area contributed by atoms with Gasteiger partial charge < -0.3 is 4.90 Å². The van der Waals surface area contributed by atoms with Gasteiger partial charge in [0.05, 0.1) is 0 Å². The van der Waals surface area contributed by atoms with Crippen molar-refractivity contribution in [1.29, 1.82) is 0 Å². The van der Waals surface area contributed by atoms with E-state index in [1.165, 1.54) is 36.8 Å². The minimum atomic E-state index is 0.169.